The van der Waals surface area contributed by atoms with Gasteiger partial charge in [0, 0.05) is 4.90 Å². The minimum absolute atomic E-state index is 0.250. The van der Waals surface area contributed by atoms with Crippen LogP contribution in [0.1, 0.15) is 0 Å². The number of alkyl halides is 3. The predicted octanol–water partition coefficient (Wildman–Crippen LogP) is 2.41. The maximum atomic E-state index is 12.2. The topological polar surface area (TPSA) is 72.8 Å². The van der Waals surface area contributed by atoms with Gasteiger partial charge in [-0.2, -0.15) is 13.2 Å². The van der Waals surface area contributed by atoms with Gasteiger partial charge in [-0.05, 0) is 24.3 Å². The largest absolute Gasteiger partial charge is 0.501 e. The highest BCUT2D eigenvalue weighted by molar-refractivity contribution is 7.94. The molecule has 1 aromatic carbocycles. The van der Waals surface area contributed by atoms with E-state index in [1.165, 1.54) is 0 Å². The fourth-order valence-corrected chi connectivity index (χ4v) is 1.98. The third-order valence-corrected chi connectivity index (χ3v) is 3.70. The molecule has 0 atom stereocenters. The van der Waals surface area contributed by atoms with Crippen molar-refractivity contribution in [3.63, 3.8) is 0 Å². The van der Waals surface area contributed by atoms with Crippen molar-refractivity contribution in [3.05, 3.63) is 24.3 Å². The summed E-state index contributed by atoms with van der Waals surface area (Å²) in [6.07, 6.45) is 0. The molecule has 10 heteroatoms. The van der Waals surface area contributed by atoms with Gasteiger partial charge in [-0.15, -0.1) is 4.33 Å². The standard InChI is InChI=1S/C7H5F3O5S2/c8-7(9,10)17(12,13)6-3-1-5(2-4-6)16-15-14-11/h1-4,11H. The molecule has 0 saturated heterocycles. The van der Waals surface area contributed by atoms with Gasteiger partial charge in [0.05, 0.1) is 16.9 Å². The van der Waals surface area contributed by atoms with E-state index in [0.29, 0.717) is 12.0 Å². The summed E-state index contributed by atoms with van der Waals surface area (Å²) >= 11 is 0.499. The van der Waals surface area contributed by atoms with Crippen molar-refractivity contribution < 1.29 is 36.2 Å². The van der Waals surface area contributed by atoms with Crippen LogP contribution in [0.5, 0.6) is 0 Å². The average molecular weight is 290 g/mol. The molecule has 1 aromatic rings. The second kappa shape index (κ2) is 5.23. The Morgan fingerprint density at radius 3 is 2.12 bits per heavy atom. The van der Waals surface area contributed by atoms with Gasteiger partial charge < -0.3 is 0 Å². The van der Waals surface area contributed by atoms with Crippen LogP contribution in [-0.2, 0) is 19.2 Å². The summed E-state index contributed by atoms with van der Waals surface area (Å²) in [5.74, 6) is 0. The first-order valence-electron chi connectivity index (χ1n) is 3.85. The van der Waals surface area contributed by atoms with Gasteiger partial charge in [-0.25, -0.2) is 13.7 Å². The molecule has 17 heavy (non-hydrogen) atoms. The van der Waals surface area contributed by atoms with Crippen LogP contribution in [0.4, 0.5) is 13.2 Å². The molecule has 5 nitrogen and oxygen atoms in total. The van der Waals surface area contributed by atoms with Gasteiger partial charge in [0.25, 0.3) is 9.84 Å². The maximum Gasteiger partial charge on any atom is 0.501 e. The predicted molar refractivity (Wildman–Crippen MR) is 50.3 cm³/mol. The summed E-state index contributed by atoms with van der Waals surface area (Å²) in [4.78, 5) is -0.626. The molecule has 0 bridgehead atoms. The Balaban J connectivity index is 2.96. The van der Waals surface area contributed by atoms with E-state index in [1.54, 1.807) is 0 Å². The van der Waals surface area contributed by atoms with Crippen molar-refractivity contribution in [3.8, 4) is 0 Å². The maximum absolute atomic E-state index is 12.2. The lowest BCUT2D eigenvalue weighted by Gasteiger charge is -2.07. The molecule has 0 amide bonds. The number of sulfone groups is 1. The van der Waals surface area contributed by atoms with Crippen LogP contribution in [0.25, 0.3) is 0 Å². The monoisotopic (exact) mass is 290 g/mol. The van der Waals surface area contributed by atoms with Gasteiger partial charge in [0.15, 0.2) is 0 Å². The van der Waals surface area contributed by atoms with Crippen LogP contribution in [0.2, 0.25) is 0 Å². The first-order chi connectivity index (χ1) is 7.79. The molecule has 0 saturated carbocycles. The van der Waals surface area contributed by atoms with E-state index in [1.807, 2.05) is 0 Å². The molecular weight excluding hydrogens is 285 g/mol. The number of hydrogen-bond donors (Lipinski definition) is 1. The van der Waals surface area contributed by atoms with Crippen LogP contribution in [0, 0.1) is 0 Å². The van der Waals surface area contributed by atoms with Crippen LogP contribution in [0.3, 0.4) is 0 Å². The van der Waals surface area contributed by atoms with Gasteiger partial charge in [-0.1, -0.05) is 5.04 Å². The number of hydrogen-bond acceptors (Lipinski definition) is 6. The van der Waals surface area contributed by atoms with Crippen molar-refractivity contribution in [2.75, 3.05) is 0 Å². The van der Waals surface area contributed by atoms with E-state index in [0.717, 1.165) is 24.3 Å². The van der Waals surface area contributed by atoms with Crippen molar-refractivity contribution in [2.45, 2.75) is 15.3 Å². The number of benzene rings is 1. The van der Waals surface area contributed by atoms with E-state index in [2.05, 4.69) is 9.37 Å². The van der Waals surface area contributed by atoms with Crippen molar-refractivity contribution in [1.29, 1.82) is 0 Å². The third-order valence-electron chi connectivity index (χ3n) is 1.60. The van der Waals surface area contributed by atoms with Crippen LogP contribution in [0.15, 0.2) is 34.1 Å². The lowest BCUT2D eigenvalue weighted by molar-refractivity contribution is -0.432. The summed E-state index contributed by atoms with van der Waals surface area (Å²) in [6.45, 7) is 0. The Morgan fingerprint density at radius 2 is 1.71 bits per heavy atom. The lowest BCUT2D eigenvalue weighted by atomic mass is 10.4. The first-order valence-corrected chi connectivity index (χ1v) is 6.07. The van der Waals surface area contributed by atoms with E-state index in [-0.39, 0.29) is 4.90 Å². The highest BCUT2D eigenvalue weighted by Gasteiger charge is 2.46. The summed E-state index contributed by atoms with van der Waals surface area (Å²) in [5, 5.41) is 11.1. The van der Waals surface area contributed by atoms with E-state index in [9.17, 15) is 21.6 Å². The Labute approximate surface area is 98.1 Å². The molecule has 96 valence electrons. The van der Waals surface area contributed by atoms with Crippen molar-refractivity contribution >= 4 is 21.9 Å². The van der Waals surface area contributed by atoms with Crippen LogP contribution in [-0.4, -0.2) is 19.2 Å². The summed E-state index contributed by atoms with van der Waals surface area (Å²) in [5.41, 5.74) is -5.34. The quantitative estimate of drug-likeness (QED) is 0.521. The SMILES string of the molecule is O=S(=O)(c1ccc(SOOO)cc1)C(F)(F)F. The molecule has 0 fully saturated rings. The Kier molecular flexibility index (Phi) is 4.38. The normalized spacial score (nSPS) is 12.7. The zero-order chi connectivity index (χ0) is 13.1. The highest BCUT2D eigenvalue weighted by Crippen LogP contribution is 2.31. The third kappa shape index (κ3) is 3.33. The molecule has 1 N–H and O–H groups in total. The zero-order valence-electron chi connectivity index (χ0n) is 7.84. The molecule has 0 unspecified atom stereocenters. The second-order valence-corrected chi connectivity index (χ2v) is 5.36. The first kappa shape index (κ1) is 14.3. The summed E-state index contributed by atoms with van der Waals surface area (Å²) in [6, 6.07) is 3.68. The fourth-order valence-electron chi connectivity index (χ4n) is 0.862. The van der Waals surface area contributed by atoms with Crippen molar-refractivity contribution in [2.24, 2.45) is 0 Å². The molecular formula is C7H5F3O5S2. The number of halogens is 3. The van der Waals surface area contributed by atoms with Gasteiger partial charge in [0.1, 0.15) is 0 Å². The second-order valence-electron chi connectivity index (χ2n) is 2.65. The van der Waals surface area contributed by atoms with Crippen LogP contribution >= 0.6 is 12.0 Å². The molecule has 1 rings (SSSR count). The van der Waals surface area contributed by atoms with Crippen LogP contribution < -0.4 is 0 Å². The Hall–Kier alpha value is -0.810. The van der Waals surface area contributed by atoms with E-state index in [4.69, 9.17) is 5.26 Å². The lowest BCUT2D eigenvalue weighted by Crippen LogP contribution is -2.23. The molecule has 0 spiro atoms. The summed E-state index contributed by atoms with van der Waals surface area (Å²) in [7, 11) is -5.34. The van der Waals surface area contributed by atoms with Gasteiger partial charge >= 0.3 is 5.51 Å². The molecule has 0 heterocycles. The number of rotatable bonds is 4. The Bertz CT molecular complexity index is 467. The molecule has 0 aliphatic rings. The smallest absolute Gasteiger partial charge is 0.220 e. The molecule has 0 aromatic heterocycles. The summed E-state index contributed by atoms with van der Waals surface area (Å²) < 4.78 is 62.4. The zero-order valence-corrected chi connectivity index (χ0v) is 9.47. The molecule has 0 aliphatic heterocycles. The van der Waals surface area contributed by atoms with Gasteiger partial charge in [-0.3, -0.25) is 0 Å². The van der Waals surface area contributed by atoms with E-state index < -0.39 is 20.2 Å². The molecule has 0 aliphatic carbocycles. The van der Waals surface area contributed by atoms with Gasteiger partial charge in [0.2, 0.25) is 0 Å². The highest BCUT2D eigenvalue weighted by atomic mass is 32.2. The minimum Gasteiger partial charge on any atom is -0.220 e. The van der Waals surface area contributed by atoms with E-state index >= 15 is 0 Å². The molecule has 0 radical (unpaired) electrons. The average Bonchev–Trinajstić information content (AvgIpc) is 2.25. The van der Waals surface area contributed by atoms with Crippen molar-refractivity contribution in [1.82, 2.24) is 0 Å². The fraction of sp³-hybridized carbons (Fsp3) is 0.143. The minimum atomic E-state index is -5.34. The Morgan fingerprint density at radius 1 is 1.18 bits per heavy atom.